The van der Waals surface area contributed by atoms with Gasteiger partial charge in [0.05, 0.1) is 12.7 Å². The fraction of sp³-hybridized carbons (Fsp3) is 0.500. The predicted molar refractivity (Wildman–Crippen MR) is 37.3 cm³/mol. The van der Waals surface area contributed by atoms with Gasteiger partial charge < -0.3 is 4.74 Å². The first kappa shape index (κ1) is 6.33. The molecule has 0 saturated heterocycles. The van der Waals surface area contributed by atoms with Crippen LogP contribution in [0.5, 0.6) is 5.88 Å². The highest BCUT2D eigenvalue weighted by Gasteiger charge is 2.19. The van der Waals surface area contributed by atoms with E-state index in [1.54, 1.807) is 16.9 Å². The van der Waals surface area contributed by atoms with Crippen LogP contribution in [0.2, 0.25) is 0 Å². The molecule has 2 heterocycles. The van der Waals surface area contributed by atoms with Gasteiger partial charge in [-0.2, -0.15) is 10.0 Å². The lowest BCUT2D eigenvalue weighted by Gasteiger charge is -2.18. The van der Waals surface area contributed by atoms with Gasteiger partial charge in [-0.05, 0) is 0 Å². The molecule has 2 rings (SSSR count). The van der Waals surface area contributed by atoms with Crippen molar-refractivity contribution < 1.29 is 4.74 Å². The number of nitroso groups, excluding NO2 is 1. The van der Waals surface area contributed by atoms with Gasteiger partial charge in [-0.3, -0.25) is 0 Å². The third-order valence-corrected chi connectivity index (χ3v) is 1.63. The van der Waals surface area contributed by atoms with Crippen molar-refractivity contribution in [3.05, 3.63) is 17.2 Å². The molecule has 5 nitrogen and oxygen atoms in total. The maximum absolute atomic E-state index is 10.1. The lowest BCUT2D eigenvalue weighted by atomic mass is 10.3. The van der Waals surface area contributed by atoms with Gasteiger partial charge in [-0.15, -0.1) is 0 Å². The Labute approximate surface area is 62.9 Å². The third-order valence-electron chi connectivity index (χ3n) is 1.63. The van der Waals surface area contributed by atoms with Gasteiger partial charge >= 0.3 is 0 Å². The van der Waals surface area contributed by atoms with E-state index in [4.69, 9.17) is 4.74 Å². The molecule has 1 aliphatic rings. The molecule has 1 aromatic rings. The van der Waals surface area contributed by atoms with Crippen molar-refractivity contribution in [1.29, 1.82) is 0 Å². The normalized spacial score (nSPS) is 22.0. The fourth-order valence-electron chi connectivity index (χ4n) is 1.08. The number of ether oxygens (including phenoxy) is 1. The van der Waals surface area contributed by atoms with Crippen molar-refractivity contribution in [2.45, 2.75) is 12.6 Å². The Kier molecular flexibility index (Phi) is 1.34. The van der Waals surface area contributed by atoms with E-state index >= 15 is 0 Å². The van der Waals surface area contributed by atoms with Crippen LogP contribution in [-0.2, 0) is 6.54 Å². The molecule has 0 bridgehead atoms. The van der Waals surface area contributed by atoms with E-state index in [1.807, 2.05) is 0 Å². The van der Waals surface area contributed by atoms with Gasteiger partial charge in [0.15, 0.2) is 0 Å². The Morgan fingerprint density at radius 3 is 3.55 bits per heavy atom. The first-order valence-corrected chi connectivity index (χ1v) is 3.37. The summed E-state index contributed by atoms with van der Waals surface area (Å²) in [5.74, 6) is 0.713. The van der Waals surface area contributed by atoms with Gasteiger partial charge in [-0.25, -0.2) is 4.68 Å². The van der Waals surface area contributed by atoms with Gasteiger partial charge in [0.25, 0.3) is 0 Å². The molecule has 58 valence electrons. The molecule has 11 heavy (non-hydrogen) atoms. The number of nitrogens with zero attached hydrogens (tertiary/aromatic N) is 3. The standard InChI is InChI=1S/C6H7N3O2/c10-8-5-3-9-6(11-4-5)1-2-7-9/h1-2,5H,3-4H2/t5-/m1/s1. The quantitative estimate of drug-likeness (QED) is 0.549. The summed E-state index contributed by atoms with van der Waals surface area (Å²) in [5, 5.41) is 6.84. The molecular formula is C6H7N3O2. The summed E-state index contributed by atoms with van der Waals surface area (Å²) in [5.41, 5.74) is 0. The van der Waals surface area contributed by atoms with Crippen molar-refractivity contribution in [3.63, 3.8) is 0 Å². The maximum atomic E-state index is 10.1. The smallest absolute Gasteiger partial charge is 0.211 e. The predicted octanol–water partition coefficient (Wildman–Crippen LogP) is 0.410. The second kappa shape index (κ2) is 2.34. The number of fused-ring (bicyclic) bond motifs is 1. The van der Waals surface area contributed by atoms with Gasteiger partial charge in [0.2, 0.25) is 5.88 Å². The van der Waals surface area contributed by atoms with Crippen molar-refractivity contribution in [2.24, 2.45) is 5.18 Å². The number of aromatic nitrogens is 2. The lowest BCUT2D eigenvalue weighted by molar-refractivity contribution is 0.206. The summed E-state index contributed by atoms with van der Waals surface area (Å²) in [6.45, 7) is 0.904. The van der Waals surface area contributed by atoms with Crippen molar-refractivity contribution >= 4 is 0 Å². The summed E-state index contributed by atoms with van der Waals surface area (Å²) in [7, 11) is 0. The van der Waals surface area contributed by atoms with Crippen LogP contribution < -0.4 is 4.74 Å². The maximum Gasteiger partial charge on any atom is 0.211 e. The Bertz CT molecular complexity index is 271. The molecule has 0 fully saturated rings. The molecule has 1 aliphatic heterocycles. The summed E-state index contributed by atoms with van der Waals surface area (Å²) >= 11 is 0. The first-order chi connectivity index (χ1) is 5.40. The van der Waals surface area contributed by atoms with Crippen LogP contribution in [0.4, 0.5) is 0 Å². The van der Waals surface area contributed by atoms with E-state index < -0.39 is 0 Å². The van der Waals surface area contributed by atoms with Gasteiger partial charge in [0, 0.05) is 6.07 Å². The molecule has 0 N–H and O–H groups in total. The Hall–Kier alpha value is -1.39. The highest BCUT2D eigenvalue weighted by atomic mass is 16.5. The minimum absolute atomic E-state index is 0.289. The van der Waals surface area contributed by atoms with Crippen LogP contribution in [0.25, 0.3) is 0 Å². The largest absolute Gasteiger partial charge is 0.475 e. The minimum Gasteiger partial charge on any atom is -0.475 e. The summed E-state index contributed by atoms with van der Waals surface area (Å²) in [4.78, 5) is 10.1. The van der Waals surface area contributed by atoms with Crippen LogP contribution in [0.1, 0.15) is 0 Å². The Morgan fingerprint density at radius 1 is 1.82 bits per heavy atom. The number of hydrogen-bond acceptors (Lipinski definition) is 4. The minimum atomic E-state index is -0.289. The van der Waals surface area contributed by atoms with E-state index in [0.29, 0.717) is 19.0 Å². The van der Waals surface area contributed by atoms with Crippen LogP contribution in [0.15, 0.2) is 17.4 Å². The zero-order valence-corrected chi connectivity index (χ0v) is 5.80. The third kappa shape index (κ3) is 0.978. The molecular weight excluding hydrogens is 146 g/mol. The van der Waals surface area contributed by atoms with E-state index in [2.05, 4.69) is 10.3 Å². The average molecular weight is 153 g/mol. The molecule has 0 radical (unpaired) electrons. The molecule has 1 aromatic heterocycles. The molecule has 0 aliphatic carbocycles. The first-order valence-electron chi connectivity index (χ1n) is 3.37. The van der Waals surface area contributed by atoms with E-state index in [-0.39, 0.29) is 6.04 Å². The van der Waals surface area contributed by atoms with Crippen molar-refractivity contribution in [3.8, 4) is 5.88 Å². The Balaban J connectivity index is 2.24. The van der Waals surface area contributed by atoms with Crippen LogP contribution in [0.3, 0.4) is 0 Å². The topological polar surface area (TPSA) is 56.5 Å². The van der Waals surface area contributed by atoms with E-state index in [1.165, 1.54) is 0 Å². The molecule has 5 heteroatoms. The Morgan fingerprint density at radius 2 is 2.73 bits per heavy atom. The zero-order chi connectivity index (χ0) is 7.68. The zero-order valence-electron chi connectivity index (χ0n) is 5.80. The highest BCUT2D eigenvalue weighted by molar-refractivity contribution is 5.09. The summed E-state index contributed by atoms with van der Waals surface area (Å²) in [6.07, 6.45) is 1.64. The van der Waals surface area contributed by atoms with Crippen LogP contribution in [-0.4, -0.2) is 22.4 Å². The van der Waals surface area contributed by atoms with Crippen molar-refractivity contribution in [2.75, 3.05) is 6.61 Å². The van der Waals surface area contributed by atoms with Crippen LogP contribution in [0, 0.1) is 4.91 Å². The lowest BCUT2D eigenvalue weighted by Crippen LogP contribution is -2.28. The number of rotatable bonds is 1. The second-order valence-electron chi connectivity index (χ2n) is 2.42. The van der Waals surface area contributed by atoms with Gasteiger partial charge in [0.1, 0.15) is 12.6 Å². The fourth-order valence-corrected chi connectivity index (χ4v) is 1.08. The van der Waals surface area contributed by atoms with Crippen molar-refractivity contribution in [1.82, 2.24) is 9.78 Å². The molecule has 0 amide bonds. The molecule has 1 atom stereocenters. The number of hydrogen-bond donors (Lipinski definition) is 0. The van der Waals surface area contributed by atoms with E-state index in [9.17, 15) is 4.91 Å². The summed E-state index contributed by atoms with van der Waals surface area (Å²) < 4.78 is 6.81. The van der Waals surface area contributed by atoms with E-state index in [0.717, 1.165) is 0 Å². The molecule has 0 aromatic carbocycles. The average Bonchev–Trinajstić information content (AvgIpc) is 2.50. The molecule has 0 spiro atoms. The molecule has 0 unspecified atom stereocenters. The van der Waals surface area contributed by atoms with Gasteiger partial charge in [-0.1, -0.05) is 5.18 Å². The van der Waals surface area contributed by atoms with Crippen LogP contribution >= 0.6 is 0 Å². The molecule has 0 saturated carbocycles. The monoisotopic (exact) mass is 153 g/mol. The highest BCUT2D eigenvalue weighted by Crippen LogP contribution is 2.16. The summed E-state index contributed by atoms with van der Waals surface area (Å²) in [6, 6.07) is 1.48. The SMILES string of the molecule is O=N[C@H]1COc2ccnn2C1. The second-order valence-corrected chi connectivity index (χ2v) is 2.42.